The first-order valence-electron chi connectivity index (χ1n) is 11.2. The number of carbonyl (C=O) groups is 3. The maximum Gasteiger partial charge on any atom is 0.264 e. The molecule has 2 fully saturated rings. The first-order chi connectivity index (χ1) is 14.3. The number of Topliss-reactive ketones (excluding diaryl/α,β-unsaturated/α-hetero) is 1. The molecule has 1 saturated heterocycles. The molecular weight excluding hydrogens is 386 g/mol. The molecule has 0 aromatic heterocycles. The van der Waals surface area contributed by atoms with Gasteiger partial charge in [-0.05, 0) is 45.1 Å². The predicted octanol–water partition coefficient (Wildman–Crippen LogP) is 0.0859. The van der Waals surface area contributed by atoms with E-state index in [2.05, 4.69) is 0 Å². The number of hydrogen-bond acceptors (Lipinski definition) is 7. The Hall–Kier alpha value is -2.13. The van der Waals surface area contributed by atoms with Crippen LogP contribution >= 0.6 is 0 Å². The SMILES string of the molecule is CCN1C(=O)C(C(=O)CN2CCCCC2C(N)=O)=C(N)N(CC2CCCCC2)C1O. The molecule has 0 radical (unpaired) electrons. The third-order valence-electron chi connectivity index (χ3n) is 6.69. The third-order valence-corrected chi connectivity index (χ3v) is 6.69. The zero-order valence-electron chi connectivity index (χ0n) is 17.9. The van der Waals surface area contributed by atoms with E-state index in [-0.39, 0.29) is 24.5 Å². The smallest absolute Gasteiger partial charge is 0.264 e. The zero-order valence-corrected chi connectivity index (χ0v) is 17.9. The topological polar surface area (TPSA) is 133 Å². The van der Waals surface area contributed by atoms with Crippen LogP contribution in [0.25, 0.3) is 0 Å². The van der Waals surface area contributed by atoms with Crippen LogP contribution < -0.4 is 11.5 Å². The van der Waals surface area contributed by atoms with Crippen LogP contribution in [-0.2, 0) is 14.4 Å². The monoisotopic (exact) mass is 421 g/mol. The first kappa shape index (κ1) is 22.6. The summed E-state index contributed by atoms with van der Waals surface area (Å²) in [6, 6.07) is -0.505. The molecule has 2 aliphatic heterocycles. The lowest BCUT2D eigenvalue weighted by molar-refractivity contribution is -0.158. The molecule has 2 atom stereocenters. The number of aliphatic hydroxyl groups is 1. The highest BCUT2D eigenvalue weighted by Gasteiger charge is 2.41. The molecule has 0 bridgehead atoms. The van der Waals surface area contributed by atoms with Crippen molar-refractivity contribution in [3.63, 3.8) is 0 Å². The fraction of sp³-hybridized carbons (Fsp3) is 0.762. The van der Waals surface area contributed by atoms with Crippen LogP contribution in [0.2, 0.25) is 0 Å². The number of ketones is 1. The minimum atomic E-state index is -1.17. The lowest BCUT2D eigenvalue weighted by Crippen LogP contribution is -2.59. The van der Waals surface area contributed by atoms with Crippen molar-refractivity contribution in [2.75, 3.05) is 26.2 Å². The molecule has 5 N–H and O–H groups in total. The Morgan fingerprint density at radius 2 is 1.73 bits per heavy atom. The molecule has 1 saturated carbocycles. The highest BCUT2D eigenvalue weighted by atomic mass is 16.3. The van der Waals surface area contributed by atoms with Gasteiger partial charge in [-0.15, -0.1) is 0 Å². The molecule has 0 spiro atoms. The number of primary amides is 1. The molecule has 1 aliphatic carbocycles. The second-order valence-electron chi connectivity index (χ2n) is 8.66. The van der Waals surface area contributed by atoms with Crippen LogP contribution in [0.5, 0.6) is 0 Å². The summed E-state index contributed by atoms with van der Waals surface area (Å²) in [6.45, 7) is 3.03. The van der Waals surface area contributed by atoms with Gasteiger partial charge in [0.2, 0.25) is 12.3 Å². The van der Waals surface area contributed by atoms with E-state index >= 15 is 0 Å². The van der Waals surface area contributed by atoms with Gasteiger partial charge in [0.05, 0.1) is 12.6 Å². The van der Waals surface area contributed by atoms with Gasteiger partial charge < -0.3 is 21.5 Å². The molecule has 2 unspecified atom stereocenters. The number of likely N-dealkylation sites (tertiary alicyclic amines) is 1. The van der Waals surface area contributed by atoms with Gasteiger partial charge in [-0.25, -0.2) is 0 Å². The Bertz CT molecular complexity index is 704. The minimum Gasteiger partial charge on any atom is -0.384 e. The molecule has 3 aliphatic rings. The number of nitrogens with two attached hydrogens (primary N) is 2. The summed E-state index contributed by atoms with van der Waals surface area (Å²) in [5, 5.41) is 10.8. The summed E-state index contributed by atoms with van der Waals surface area (Å²) in [5.41, 5.74) is 11.7. The summed E-state index contributed by atoms with van der Waals surface area (Å²) >= 11 is 0. The van der Waals surface area contributed by atoms with E-state index < -0.39 is 30.0 Å². The van der Waals surface area contributed by atoms with Crippen molar-refractivity contribution in [3.05, 3.63) is 11.4 Å². The Morgan fingerprint density at radius 3 is 2.37 bits per heavy atom. The summed E-state index contributed by atoms with van der Waals surface area (Å²) in [6.07, 6.45) is 6.79. The summed E-state index contributed by atoms with van der Waals surface area (Å²) in [5.74, 6) is -1.02. The first-order valence-corrected chi connectivity index (χ1v) is 11.2. The van der Waals surface area contributed by atoms with Crippen LogP contribution in [0.15, 0.2) is 11.4 Å². The van der Waals surface area contributed by atoms with Crippen LogP contribution in [0.3, 0.4) is 0 Å². The molecule has 0 aromatic rings. The molecule has 30 heavy (non-hydrogen) atoms. The average molecular weight is 422 g/mol. The van der Waals surface area contributed by atoms with Crippen molar-refractivity contribution in [2.24, 2.45) is 17.4 Å². The highest BCUT2D eigenvalue weighted by molar-refractivity contribution is 6.21. The maximum atomic E-state index is 13.2. The lowest BCUT2D eigenvalue weighted by atomic mass is 9.88. The quantitative estimate of drug-likeness (QED) is 0.496. The van der Waals surface area contributed by atoms with E-state index in [0.29, 0.717) is 25.4 Å². The number of piperidine rings is 1. The van der Waals surface area contributed by atoms with E-state index in [1.807, 2.05) is 0 Å². The van der Waals surface area contributed by atoms with E-state index in [0.717, 1.165) is 38.5 Å². The number of aliphatic hydroxyl groups excluding tert-OH is 1. The van der Waals surface area contributed by atoms with Gasteiger partial charge in [0.15, 0.2) is 5.78 Å². The van der Waals surface area contributed by atoms with Gasteiger partial charge in [-0.1, -0.05) is 25.7 Å². The molecule has 9 nitrogen and oxygen atoms in total. The fourth-order valence-corrected chi connectivity index (χ4v) is 4.97. The summed E-state index contributed by atoms with van der Waals surface area (Å²) < 4.78 is 0. The van der Waals surface area contributed by atoms with Crippen molar-refractivity contribution < 1.29 is 19.5 Å². The Labute approximate surface area is 178 Å². The number of nitrogens with zero attached hydrogens (tertiary/aromatic N) is 3. The third kappa shape index (κ3) is 4.62. The number of rotatable bonds is 7. The van der Waals surface area contributed by atoms with E-state index in [1.165, 1.54) is 11.3 Å². The Kier molecular flexibility index (Phi) is 7.36. The lowest BCUT2D eigenvalue weighted by Gasteiger charge is -2.43. The largest absolute Gasteiger partial charge is 0.384 e. The molecule has 2 amide bonds. The van der Waals surface area contributed by atoms with Crippen molar-refractivity contribution in [1.82, 2.24) is 14.7 Å². The molecule has 9 heteroatoms. The maximum absolute atomic E-state index is 13.2. The normalized spacial score (nSPS) is 26.9. The van der Waals surface area contributed by atoms with Crippen LogP contribution in [-0.4, -0.2) is 76.0 Å². The van der Waals surface area contributed by atoms with Crippen molar-refractivity contribution >= 4 is 17.6 Å². The van der Waals surface area contributed by atoms with Crippen LogP contribution in [0.4, 0.5) is 0 Å². The second kappa shape index (κ2) is 9.78. The van der Waals surface area contributed by atoms with Crippen LogP contribution in [0.1, 0.15) is 58.3 Å². The van der Waals surface area contributed by atoms with Crippen LogP contribution in [0, 0.1) is 5.92 Å². The van der Waals surface area contributed by atoms with E-state index in [4.69, 9.17) is 11.5 Å². The number of carbonyl (C=O) groups excluding carboxylic acids is 3. The van der Waals surface area contributed by atoms with Gasteiger partial charge in [-0.3, -0.25) is 24.2 Å². The predicted molar refractivity (Wildman–Crippen MR) is 111 cm³/mol. The van der Waals surface area contributed by atoms with E-state index in [1.54, 1.807) is 16.7 Å². The van der Waals surface area contributed by atoms with Gasteiger partial charge >= 0.3 is 0 Å². The Morgan fingerprint density at radius 1 is 1.07 bits per heavy atom. The number of likely N-dealkylation sites (N-methyl/N-ethyl adjacent to an activating group) is 1. The zero-order chi connectivity index (χ0) is 21.8. The fourth-order valence-electron chi connectivity index (χ4n) is 4.97. The molecule has 168 valence electrons. The van der Waals surface area contributed by atoms with Gasteiger partial charge in [0.25, 0.3) is 5.91 Å². The average Bonchev–Trinajstić information content (AvgIpc) is 2.72. The number of amides is 2. The van der Waals surface area contributed by atoms with Gasteiger partial charge in [0.1, 0.15) is 11.4 Å². The number of hydrogen-bond donors (Lipinski definition) is 3. The van der Waals surface area contributed by atoms with Gasteiger partial charge in [-0.2, -0.15) is 0 Å². The van der Waals surface area contributed by atoms with E-state index in [9.17, 15) is 19.5 Å². The highest BCUT2D eigenvalue weighted by Crippen LogP contribution is 2.29. The standard InChI is InChI=1S/C21H35N5O4/c1-2-25-20(29)17(16(27)13-24-11-7-6-10-15(24)19(23)28)18(22)26(21(25)30)12-14-8-4-3-5-9-14/h14-15,21,30H,2-13,22H2,1H3,(H2,23,28). The Balaban J connectivity index is 1.83. The van der Waals surface area contributed by atoms with Crippen molar-refractivity contribution in [1.29, 1.82) is 0 Å². The minimum absolute atomic E-state index is 0.0420. The van der Waals surface area contributed by atoms with Crippen molar-refractivity contribution in [3.8, 4) is 0 Å². The second-order valence-corrected chi connectivity index (χ2v) is 8.66. The molecular formula is C21H35N5O4. The summed E-state index contributed by atoms with van der Waals surface area (Å²) in [4.78, 5) is 42.5. The summed E-state index contributed by atoms with van der Waals surface area (Å²) in [7, 11) is 0. The van der Waals surface area contributed by atoms with Gasteiger partial charge in [0, 0.05) is 13.1 Å². The van der Waals surface area contributed by atoms with Crippen molar-refractivity contribution in [2.45, 2.75) is 70.7 Å². The molecule has 0 aromatic carbocycles. The molecule has 2 heterocycles. The molecule has 3 rings (SSSR count).